The normalized spacial score (nSPS) is 17.5. The number of hydrogen-bond donors (Lipinski definition) is 0. The molecule has 2 heterocycles. The summed E-state index contributed by atoms with van der Waals surface area (Å²) in [6.07, 6.45) is 5.28. The first-order chi connectivity index (χ1) is 9.62. The van der Waals surface area contributed by atoms with Gasteiger partial charge in [-0.15, -0.1) is 26.2 Å². The minimum atomic E-state index is 0. The third kappa shape index (κ3) is 25.2. The minimum absolute atomic E-state index is 0. The van der Waals surface area contributed by atoms with Crippen molar-refractivity contribution in [1.82, 2.24) is 0 Å². The van der Waals surface area contributed by atoms with Gasteiger partial charge in [-0.3, -0.25) is 0 Å². The molecule has 0 bridgehead atoms. The maximum atomic E-state index is 7.13. The van der Waals surface area contributed by atoms with Crippen LogP contribution in [-0.2, 0) is 42.3 Å². The summed E-state index contributed by atoms with van der Waals surface area (Å²) in [5, 5.41) is 25.4. The molecule has 0 aliphatic carbocycles. The summed E-state index contributed by atoms with van der Waals surface area (Å²) < 4.78 is 0. The quantitative estimate of drug-likeness (QED) is 0.368. The Morgan fingerprint density at radius 1 is 0.762 bits per heavy atom. The number of thiocyanates is 2. The molecule has 0 unspecified atom stereocenters. The van der Waals surface area contributed by atoms with Crippen LogP contribution in [0, 0.1) is 33.2 Å². The molecular weight excluding hydrogens is 352 g/mol. The van der Waals surface area contributed by atoms with Crippen molar-refractivity contribution in [3.8, 4) is 10.8 Å². The van der Waals surface area contributed by atoms with E-state index >= 15 is 0 Å². The van der Waals surface area contributed by atoms with E-state index in [-0.39, 0.29) is 17.1 Å². The van der Waals surface area contributed by atoms with Gasteiger partial charge in [0.2, 0.25) is 0 Å². The van der Waals surface area contributed by atoms with Crippen molar-refractivity contribution < 1.29 is 17.1 Å². The summed E-state index contributed by atoms with van der Waals surface area (Å²) in [4.78, 5) is 0. The summed E-state index contributed by atoms with van der Waals surface area (Å²) in [5.74, 6) is 1.88. The number of piperidine rings is 2. The Kier molecular flexibility index (Phi) is 27.2. The molecule has 2 rings (SSSR count). The molecule has 21 heavy (non-hydrogen) atoms. The molecule has 0 aromatic heterocycles. The number of nitriles is 2. The Balaban J connectivity index is -0.000000220. The van der Waals surface area contributed by atoms with Gasteiger partial charge in [0.1, 0.15) is 0 Å². The van der Waals surface area contributed by atoms with Crippen LogP contribution >= 0.6 is 0 Å². The number of hydrogen-bond acceptors (Lipinski definition) is 4. The molecule has 0 aromatic carbocycles. The van der Waals surface area contributed by atoms with E-state index in [9.17, 15) is 0 Å². The van der Waals surface area contributed by atoms with Crippen molar-refractivity contribution in [3.63, 3.8) is 0 Å². The molecule has 2 fully saturated rings. The zero-order chi connectivity index (χ0) is 15.6. The van der Waals surface area contributed by atoms with E-state index in [1.54, 1.807) is 0 Å². The van der Waals surface area contributed by atoms with Gasteiger partial charge in [-0.25, -0.2) is 10.5 Å². The van der Waals surface area contributed by atoms with Crippen molar-refractivity contribution in [2.75, 3.05) is 26.2 Å². The molecule has 2 aliphatic heterocycles. The zero-order valence-corrected chi connectivity index (χ0v) is 15.3. The molecule has 0 saturated carbocycles. The molecule has 2 aliphatic rings. The van der Waals surface area contributed by atoms with Gasteiger partial charge in [-0.2, -0.15) is 0 Å². The molecule has 2 saturated heterocycles. The van der Waals surface area contributed by atoms with E-state index in [0.29, 0.717) is 0 Å². The maximum absolute atomic E-state index is 7.13. The Morgan fingerprint density at radius 2 is 0.952 bits per heavy atom. The fourth-order valence-corrected chi connectivity index (χ4v) is 1.76. The summed E-state index contributed by atoms with van der Waals surface area (Å²) in [5.41, 5.74) is 0. The predicted molar refractivity (Wildman–Crippen MR) is 88.9 cm³/mol. The van der Waals surface area contributed by atoms with Crippen molar-refractivity contribution in [2.24, 2.45) is 11.8 Å². The minimum Gasteiger partial charge on any atom is -0.696 e. The largest absolute Gasteiger partial charge is 0.696 e. The van der Waals surface area contributed by atoms with Crippen molar-refractivity contribution in [2.45, 2.75) is 39.5 Å². The Hall–Kier alpha value is -0.141. The molecule has 0 amide bonds. The smallest absolute Gasteiger partial charge is 0 e. The predicted octanol–water partition coefficient (Wildman–Crippen LogP) is 3.61. The van der Waals surface area contributed by atoms with Gasteiger partial charge < -0.3 is 35.9 Å². The van der Waals surface area contributed by atoms with Crippen molar-refractivity contribution in [3.05, 3.63) is 10.6 Å². The second-order valence-electron chi connectivity index (χ2n) is 4.89. The summed E-state index contributed by atoms with van der Waals surface area (Å²) in [6, 6.07) is 0. The Labute approximate surface area is 151 Å². The molecule has 127 valence electrons. The van der Waals surface area contributed by atoms with E-state index in [0.717, 1.165) is 38.0 Å². The fraction of sp³-hybridized carbons (Fsp3) is 0.857. The van der Waals surface area contributed by atoms with Crippen LogP contribution in [-0.4, -0.2) is 26.2 Å². The monoisotopic (exact) mass is 375 g/mol. The molecule has 0 N–H and O–H groups in total. The van der Waals surface area contributed by atoms with Crippen LogP contribution in [0.3, 0.4) is 0 Å². The topological polar surface area (TPSA) is 75.8 Å². The number of nitrogens with zero attached hydrogens (tertiary/aromatic N) is 4. The second kappa shape index (κ2) is 22.1. The van der Waals surface area contributed by atoms with Gasteiger partial charge in [-0.1, -0.05) is 50.3 Å². The molecule has 0 atom stereocenters. The van der Waals surface area contributed by atoms with Crippen LogP contribution in [0.4, 0.5) is 0 Å². The van der Waals surface area contributed by atoms with E-state index in [4.69, 9.17) is 10.5 Å². The summed E-state index contributed by atoms with van der Waals surface area (Å²) >= 11 is 7.40. The standard InChI is InChI=1S/2C6H12N.2CHNS.Cu/c2*1-6-2-4-7-5-3-6;2*2-1-3;/h2*6H,2-5H2,1H3;2*3H;/q2*-1;;;/p-2. The van der Waals surface area contributed by atoms with Gasteiger partial charge in [0, 0.05) is 17.1 Å². The van der Waals surface area contributed by atoms with E-state index in [1.165, 1.54) is 36.5 Å². The van der Waals surface area contributed by atoms with E-state index in [2.05, 4.69) is 49.7 Å². The number of rotatable bonds is 0. The first-order valence-electron chi connectivity index (χ1n) is 6.91. The van der Waals surface area contributed by atoms with Crippen LogP contribution in [0.2, 0.25) is 0 Å². The summed E-state index contributed by atoms with van der Waals surface area (Å²) in [7, 11) is 0. The first-order valence-corrected chi connectivity index (χ1v) is 7.72. The Morgan fingerprint density at radius 3 is 1.05 bits per heavy atom. The van der Waals surface area contributed by atoms with Crippen LogP contribution in [0.15, 0.2) is 0 Å². The van der Waals surface area contributed by atoms with Gasteiger partial charge in [0.15, 0.2) is 0 Å². The average molecular weight is 376 g/mol. The van der Waals surface area contributed by atoms with Gasteiger partial charge in [-0.05, 0) is 11.8 Å². The first kappa shape index (κ1) is 25.8. The van der Waals surface area contributed by atoms with Crippen molar-refractivity contribution >= 4 is 25.3 Å². The zero-order valence-electron chi connectivity index (χ0n) is 12.7. The van der Waals surface area contributed by atoms with E-state index in [1.807, 2.05) is 0 Å². The molecule has 0 spiro atoms. The SMILES string of the molecule is CC1CC[N-]CC1.CC1CC[N-]CC1.N#C[S-].N#C[S-].[Cu]. The molecule has 0 aromatic rings. The Bertz CT molecular complexity index is 239. The van der Waals surface area contributed by atoms with Crippen molar-refractivity contribution in [1.29, 1.82) is 10.5 Å². The van der Waals surface area contributed by atoms with Crippen LogP contribution in [0.25, 0.3) is 10.6 Å². The third-order valence-electron chi connectivity index (χ3n) is 3.12. The fourth-order valence-electron chi connectivity index (χ4n) is 1.76. The average Bonchev–Trinajstić information content (AvgIpc) is 2.43. The van der Waals surface area contributed by atoms with Gasteiger partial charge in [0.05, 0.1) is 0 Å². The maximum Gasteiger partial charge on any atom is 0 e. The molecular formula is C14H24CuN4S2-4. The summed E-state index contributed by atoms with van der Waals surface area (Å²) in [6.45, 7) is 9.05. The van der Waals surface area contributed by atoms with E-state index < -0.39 is 0 Å². The molecule has 1 radical (unpaired) electrons. The van der Waals surface area contributed by atoms with Gasteiger partial charge in [0.25, 0.3) is 0 Å². The van der Waals surface area contributed by atoms with Crippen LogP contribution < -0.4 is 0 Å². The molecule has 7 heteroatoms. The van der Waals surface area contributed by atoms with Crippen LogP contribution in [0.1, 0.15) is 39.5 Å². The molecule has 4 nitrogen and oxygen atoms in total. The third-order valence-corrected chi connectivity index (χ3v) is 3.12. The second-order valence-corrected chi connectivity index (χ2v) is 5.25. The van der Waals surface area contributed by atoms with Crippen LogP contribution in [0.5, 0.6) is 0 Å². The van der Waals surface area contributed by atoms with Gasteiger partial charge >= 0.3 is 0 Å².